The van der Waals surface area contributed by atoms with Gasteiger partial charge < -0.3 is 20.7 Å². The van der Waals surface area contributed by atoms with Gasteiger partial charge in [-0.05, 0) is 35.4 Å². The molecule has 2 atom stereocenters. The van der Waals surface area contributed by atoms with Gasteiger partial charge in [0.2, 0.25) is 17.7 Å². The first kappa shape index (κ1) is 24.5. The van der Waals surface area contributed by atoms with Crippen LogP contribution in [-0.4, -0.2) is 42.1 Å². The minimum absolute atomic E-state index is 0.119. The van der Waals surface area contributed by atoms with E-state index in [1.54, 1.807) is 19.2 Å². The quantitative estimate of drug-likeness (QED) is 0.417. The van der Waals surface area contributed by atoms with E-state index in [0.29, 0.717) is 18.8 Å². The van der Waals surface area contributed by atoms with Gasteiger partial charge in [-0.1, -0.05) is 24.3 Å². The van der Waals surface area contributed by atoms with E-state index >= 15 is 0 Å². The average molecular weight is 475 g/mol. The normalized spacial score (nSPS) is 17.7. The molecule has 1 heterocycles. The van der Waals surface area contributed by atoms with Crippen LogP contribution in [0, 0.1) is 5.82 Å². The first-order valence-corrected chi connectivity index (χ1v) is 11.5. The largest absolute Gasteiger partial charge is 0.497 e. The molecule has 4 N–H and O–H groups in total. The summed E-state index contributed by atoms with van der Waals surface area (Å²) < 4.78 is 18.1. The fourth-order valence-corrected chi connectivity index (χ4v) is 4.18. The van der Waals surface area contributed by atoms with Crippen molar-refractivity contribution >= 4 is 29.5 Å². The number of hydrogen-bond acceptors (Lipinski definition) is 6. The van der Waals surface area contributed by atoms with E-state index < -0.39 is 5.50 Å². The monoisotopic (exact) mass is 474 g/mol. The van der Waals surface area contributed by atoms with Crippen molar-refractivity contribution in [2.24, 2.45) is 0 Å². The second-order valence-electron chi connectivity index (χ2n) is 7.56. The molecule has 3 amide bonds. The molecule has 1 fully saturated rings. The number of ether oxygens (including phenoxy) is 1. The third kappa shape index (κ3) is 8.39. The van der Waals surface area contributed by atoms with Crippen molar-refractivity contribution in [1.29, 1.82) is 0 Å². The number of nitrogens with one attached hydrogen (secondary N) is 4. The van der Waals surface area contributed by atoms with E-state index in [-0.39, 0.29) is 48.2 Å². The molecule has 33 heavy (non-hydrogen) atoms. The number of amides is 3. The van der Waals surface area contributed by atoms with E-state index in [1.165, 1.54) is 23.9 Å². The summed E-state index contributed by atoms with van der Waals surface area (Å²) in [5.41, 5.74) is 1.23. The second kappa shape index (κ2) is 12.2. The van der Waals surface area contributed by atoms with Crippen LogP contribution in [0.3, 0.4) is 0 Å². The standard InChI is InChI=1S/C23H27FN4O4S/c1-32-19-4-2-3-16(9-19)13-25-20(29)10-18-11-21(30)28-23(27-18)33-14-22(31)26-12-15-5-7-17(24)8-6-15/h2-9,18,23,27H,10-14H2,1H3,(H,25,29)(H,26,31)(H,28,30). The molecule has 1 saturated heterocycles. The predicted molar refractivity (Wildman–Crippen MR) is 124 cm³/mol. The number of methoxy groups -OCH3 is 1. The van der Waals surface area contributed by atoms with Crippen LogP contribution in [0.25, 0.3) is 0 Å². The third-order valence-electron chi connectivity index (χ3n) is 4.95. The Hall–Kier alpha value is -3.11. The molecule has 0 radical (unpaired) electrons. The highest BCUT2D eigenvalue weighted by atomic mass is 32.2. The Balaban J connectivity index is 1.39. The molecule has 8 nitrogen and oxygen atoms in total. The third-order valence-corrected chi connectivity index (χ3v) is 5.97. The lowest BCUT2D eigenvalue weighted by Crippen LogP contribution is -2.56. The summed E-state index contributed by atoms with van der Waals surface area (Å²) in [7, 11) is 1.58. The summed E-state index contributed by atoms with van der Waals surface area (Å²) in [5, 5.41) is 11.6. The van der Waals surface area contributed by atoms with Crippen molar-refractivity contribution in [2.45, 2.75) is 37.5 Å². The van der Waals surface area contributed by atoms with Crippen molar-refractivity contribution in [3.63, 3.8) is 0 Å². The lowest BCUT2D eigenvalue weighted by atomic mass is 10.1. The van der Waals surface area contributed by atoms with Crippen molar-refractivity contribution in [3.05, 3.63) is 65.5 Å². The van der Waals surface area contributed by atoms with Crippen molar-refractivity contribution in [1.82, 2.24) is 21.3 Å². The van der Waals surface area contributed by atoms with E-state index in [2.05, 4.69) is 21.3 Å². The Bertz CT molecular complexity index is 973. The Morgan fingerprint density at radius 3 is 2.58 bits per heavy atom. The molecular formula is C23H27FN4O4S. The summed E-state index contributed by atoms with van der Waals surface area (Å²) in [4.78, 5) is 36.5. The summed E-state index contributed by atoms with van der Waals surface area (Å²) in [6, 6.07) is 13.0. The Morgan fingerprint density at radius 1 is 1.09 bits per heavy atom. The van der Waals surface area contributed by atoms with Gasteiger partial charge in [0.05, 0.1) is 12.9 Å². The van der Waals surface area contributed by atoms with Gasteiger partial charge in [0.25, 0.3) is 0 Å². The summed E-state index contributed by atoms with van der Waals surface area (Å²) >= 11 is 1.23. The molecule has 2 aromatic carbocycles. The van der Waals surface area contributed by atoms with Gasteiger partial charge in [0, 0.05) is 32.0 Å². The van der Waals surface area contributed by atoms with Gasteiger partial charge >= 0.3 is 0 Å². The second-order valence-corrected chi connectivity index (χ2v) is 8.66. The predicted octanol–water partition coefficient (Wildman–Crippen LogP) is 1.65. The number of thioether (sulfide) groups is 1. The van der Waals surface area contributed by atoms with Gasteiger partial charge in [0.1, 0.15) is 17.1 Å². The SMILES string of the molecule is COc1cccc(CNC(=O)CC2CC(=O)NC(SCC(=O)NCc3ccc(F)cc3)N2)c1. The lowest BCUT2D eigenvalue weighted by Gasteiger charge is -2.30. The molecular weight excluding hydrogens is 447 g/mol. The molecule has 0 spiro atoms. The Morgan fingerprint density at radius 2 is 1.82 bits per heavy atom. The number of hydrogen-bond donors (Lipinski definition) is 4. The fraction of sp³-hybridized carbons (Fsp3) is 0.348. The lowest BCUT2D eigenvalue weighted by molar-refractivity contribution is -0.125. The molecule has 1 aliphatic rings. The number of benzene rings is 2. The summed E-state index contributed by atoms with van der Waals surface area (Å²) in [6.45, 7) is 0.654. The molecule has 0 aliphatic carbocycles. The maximum Gasteiger partial charge on any atom is 0.230 e. The van der Waals surface area contributed by atoms with Gasteiger partial charge in [-0.3, -0.25) is 19.7 Å². The highest BCUT2D eigenvalue weighted by Gasteiger charge is 2.28. The number of rotatable bonds is 10. The summed E-state index contributed by atoms with van der Waals surface area (Å²) in [5.74, 6) is -0.0569. The molecule has 2 aromatic rings. The van der Waals surface area contributed by atoms with Crippen LogP contribution in [-0.2, 0) is 27.5 Å². The zero-order chi connectivity index (χ0) is 23.6. The van der Waals surface area contributed by atoms with Crippen LogP contribution < -0.4 is 26.0 Å². The molecule has 3 rings (SSSR count). The molecule has 10 heteroatoms. The fourth-order valence-electron chi connectivity index (χ4n) is 3.26. The zero-order valence-electron chi connectivity index (χ0n) is 18.2. The number of carbonyl (C=O) groups is 3. The van der Waals surface area contributed by atoms with Gasteiger partial charge in [0.15, 0.2) is 0 Å². The molecule has 1 aliphatic heterocycles. The van der Waals surface area contributed by atoms with Crippen molar-refractivity contribution < 1.29 is 23.5 Å². The molecule has 2 unspecified atom stereocenters. The van der Waals surface area contributed by atoms with Crippen LogP contribution in [0.2, 0.25) is 0 Å². The van der Waals surface area contributed by atoms with Gasteiger partial charge in [-0.2, -0.15) is 0 Å². The molecule has 176 valence electrons. The first-order chi connectivity index (χ1) is 15.9. The maximum atomic E-state index is 12.9. The first-order valence-electron chi connectivity index (χ1n) is 10.5. The topological polar surface area (TPSA) is 109 Å². The average Bonchev–Trinajstić information content (AvgIpc) is 2.81. The van der Waals surface area contributed by atoms with E-state index in [0.717, 1.165) is 11.1 Å². The van der Waals surface area contributed by atoms with E-state index in [1.807, 2.05) is 24.3 Å². The number of halogens is 1. The van der Waals surface area contributed by atoms with Crippen LogP contribution in [0.15, 0.2) is 48.5 Å². The minimum atomic E-state index is -0.473. The van der Waals surface area contributed by atoms with Crippen LogP contribution in [0.4, 0.5) is 4.39 Å². The molecule has 0 bridgehead atoms. The summed E-state index contributed by atoms with van der Waals surface area (Å²) in [6.07, 6.45) is 0.325. The van der Waals surface area contributed by atoms with Crippen LogP contribution in [0.5, 0.6) is 5.75 Å². The van der Waals surface area contributed by atoms with Crippen LogP contribution in [0.1, 0.15) is 24.0 Å². The maximum absolute atomic E-state index is 12.9. The zero-order valence-corrected chi connectivity index (χ0v) is 19.0. The van der Waals surface area contributed by atoms with Crippen molar-refractivity contribution in [2.75, 3.05) is 12.9 Å². The highest BCUT2D eigenvalue weighted by molar-refractivity contribution is 8.00. The van der Waals surface area contributed by atoms with E-state index in [4.69, 9.17) is 4.74 Å². The Labute approximate surface area is 196 Å². The smallest absolute Gasteiger partial charge is 0.230 e. The highest BCUT2D eigenvalue weighted by Crippen LogP contribution is 2.15. The van der Waals surface area contributed by atoms with Gasteiger partial charge in [-0.15, -0.1) is 11.8 Å². The number of carbonyl (C=O) groups excluding carboxylic acids is 3. The molecule has 0 aromatic heterocycles. The molecule has 0 saturated carbocycles. The van der Waals surface area contributed by atoms with Crippen LogP contribution >= 0.6 is 11.8 Å². The van der Waals surface area contributed by atoms with Gasteiger partial charge in [-0.25, -0.2) is 4.39 Å². The van der Waals surface area contributed by atoms with Crippen molar-refractivity contribution in [3.8, 4) is 5.75 Å². The van der Waals surface area contributed by atoms with E-state index in [9.17, 15) is 18.8 Å². The Kier molecular flexibility index (Phi) is 9.08. The minimum Gasteiger partial charge on any atom is -0.497 e.